The fourth-order valence-corrected chi connectivity index (χ4v) is 1.55. The van der Waals surface area contributed by atoms with E-state index in [1.807, 2.05) is 6.92 Å². The van der Waals surface area contributed by atoms with Gasteiger partial charge in [-0.05, 0) is 24.1 Å². The van der Waals surface area contributed by atoms with Crippen LogP contribution in [0.3, 0.4) is 0 Å². The van der Waals surface area contributed by atoms with E-state index in [0.29, 0.717) is 12.3 Å². The lowest BCUT2D eigenvalue weighted by Crippen LogP contribution is -2.12. The van der Waals surface area contributed by atoms with Gasteiger partial charge in [0.2, 0.25) is 0 Å². The predicted molar refractivity (Wildman–Crippen MR) is 63.5 cm³/mol. The van der Waals surface area contributed by atoms with E-state index in [-0.39, 0.29) is 17.2 Å². The first-order chi connectivity index (χ1) is 8.04. The lowest BCUT2D eigenvalue weighted by Gasteiger charge is -2.16. The molecule has 0 bridgehead atoms. The van der Waals surface area contributed by atoms with Crippen LogP contribution in [-0.2, 0) is 4.74 Å². The average molecular weight is 239 g/mol. The standard InChI is InChI=1S/C12H17NO4/c1-7(6-13)8-4-9(12(15)17-3)10(14)5-11(8)16-2/h4-5,7,14H,6,13H2,1-3H3. The second kappa shape index (κ2) is 5.54. The molecule has 1 rings (SSSR count). The summed E-state index contributed by atoms with van der Waals surface area (Å²) in [4.78, 5) is 11.4. The number of carbonyl (C=O) groups excluding carboxylic acids is 1. The molecule has 5 nitrogen and oxygen atoms in total. The number of methoxy groups -OCH3 is 2. The molecule has 0 aliphatic heterocycles. The third kappa shape index (κ3) is 2.68. The first kappa shape index (κ1) is 13.3. The molecular formula is C12H17NO4. The summed E-state index contributed by atoms with van der Waals surface area (Å²) in [5.41, 5.74) is 6.48. The van der Waals surface area contributed by atoms with E-state index in [1.165, 1.54) is 20.3 Å². The van der Waals surface area contributed by atoms with Crippen LogP contribution in [0.15, 0.2) is 12.1 Å². The molecule has 0 heterocycles. The normalized spacial score (nSPS) is 12.0. The maximum absolute atomic E-state index is 11.4. The second-order valence-electron chi connectivity index (χ2n) is 3.74. The first-order valence-electron chi connectivity index (χ1n) is 5.24. The smallest absolute Gasteiger partial charge is 0.341 e. The van der Waals surface area contributed by atoms with Gasteiger partial charge in [0, 0.05) is 6.07 Å². The third-order valence-corrected chi connectivity index (χ3v) is 2.64. The van der Waals surface area contributed by atoms with Gasteiger partial charge in [-0.3, -0.25) is 0 Å². The largest absolute Gasteiger partial charge is 0.507 e. The van der Waals surface area contributed by atoms with Crippen molar-refractivity contribution < 1.29 is 19.4 Å². The van der Waals surface area contributed by atoms with Crippen LogP contribution in [0.5, 0.6) is 11.5 Å². The highest BCUT2D eigenvalue weighted by molar-refractivity contribution is 5.93. The molecule has 1 atom stereocenters. The zero-order chi connectivity index (χ0) is 13.0. The Kier molecular flexibility index (Phi) is 4.34. The van der Waals surface area contributed by atoms with Crippen molar-refractivity contribution in [2.75, 3.05) is 20.8 Å². The molecule has 94 valence electrons. The minimum absolute atomic E-state index is 0.0222. The van der Waals surface area contributed by atoms with Gasteiger partial charge in [0.05, 0.1) is 14.2 Å². The molecule has 0 aliphatic rings. The molecule has 0 fully saturated rings. The second-order valence-corrected chi connectivity index (χ2v) is 3.74. The number of hydrogen-bond acceptors (Lipinski definition) is 5. The van der Waals surface area contributed by atoms with Crippen LogP contribution >= 0.6 is 0 Å². The fourth-order valence-electron chi connectivity index (χ4n) is 1.55. The van der Waals surface area contributed by atoms with E-state index in [9.17, 15) is 9.90 Å². The lowest BCUT2D eigenvalue weighted by molar-refractivity contribution is 0.0597. The molecule has 1 aromatic carbocycles. The number of benzene rings is 1. The Balaban J connectivity index is 3.32. The Hall–Kier alpha value is -1.75. The zero-order valence-corrected chi connectivity index (χ0v) is 10.2. The van der Waals surface area contributed by atoms with Crippen molar-refractivity contribution in [1.82, 2.24) is 0 Å². The summed E-state index contributed by atoms with van der Waals surface area (Å²) >= 11 is 0. The summed E-state index contributed by atoms with van der Waals surface area (Å²) in [6, 6.07) is 2.95. The Labute approximate surface area is 100 Å². The number of phenolic OH excluding ortho intramolecular Hbond substituents is 1. The molecule has 0 radical (unpaired) electrons. The number of carbonyl (C=O) groups is 1. The van der Waals surface area contributed by atoms with Gasteiger partial charge >= 0.3 is 5.97 Å². The van der Waals surface area contributed by atoms with Crippen molar-refractivity contribution in [2.45, 2.75) is 12.8 Å². The van der Waals surface area contributed by atoms with Crippen LogP contribution in [0.25, 0.3) is 0 Å². The number of ether oxygens (including phenoxy) is 2. The number of rotatable bonds is 4. The van der Waals surface area contributed by atoms with Gasteiger partial charge in [-0.15, -0.1) is 0 Å². The third-order valence-electron chi connectivity index (χ3n) is 2.64. The Morgan fingerprint density at radius 3 is 2.59 bits per heavy atom. The molecule has 0 aromatic heterocycles. The van der Waals surface area contributed by atoms with Crippen molar-refractivity contribution >= 4 is 5.97 Å². The van der Waals surface area contributed by atoms with Crippen LogP contribution in [0.2, 0.25) is 0 Å². The summed E-state index contributed by atoms with van der Waals surface area (Å²) in [6.45, 7) is 2.33. The Morgan fingerprint density at radius 1 is 1.47 bits per heavy atom. The van der Waals surface area contributed by atoms with E-state index in [1.54, 1.807) is 6.07 Å². The highest BCUT2D eigenvalue weighted by Crippen LogP contribution is 2.33. The molecule has 0 spiro atoms. The summed E-state index contributed by atoms with van der Waals surface area (Å²) < 4.78 is 9.74. The van der Waals surface area contributed by atoms with Gasteiger partial charge in [0.1, 0.15) is 17.1 Å². The van der Waals surface area contributed by atoms with Crippen LogP contribution < -0.4 is 10.5 Å². The number of esters is 1. The van der Waals surface area contributed by atoms with Crippen molar-refractivity contribution in [3.05, 3.63) is 23.3 Å². The van der Waals surface area contributed by atoms with Crippen LogP contribution in [0.4, 0.5) is 0 Å². The SMILES string of the molecule is COC(=O)c1cc(C(C)CN)c(OC)cc1O. The van der Waals surface area contributed by atoms with E-state index in [4.69, 9.17) is 10.5 Å². The van der Waals surface area contributed by atoms with Crippen molar-refractivity contribution in [3.63, 3.8) is 0 Å². The van der Waals surface area contributed by atoms with Crippen LogP contribution in [0, 0.1) is 0 Å². The summed E-state index contributed by atoms with van der Waals surface area (Å²) in [5.74, 6) is -0.223. The summed E-state index contributed by atoms with van der Waals surface area (Å²) in [6.07, 6.45) is 0. The number of nitrogens with two attached hydrogens (primary N) is 1. The van der Waals surface area contributed by atoms with Gasteiger partial charge in [0.25, 0.3) is 0 Å². The number of phenols is 1. The molecule has 3 N–H and O–H groups in total. The van der Waals surface area contributed by atoms with E-state index in [2.05, 4.69) is 4.74 Å². The van der Waals surface area contributed by atoms with Gasteiger partial charge in [-0.2, -0.15) is 0 Å². The highest BCUT2D eigenvalue weighted by atomic mass is 16.5. The van der Waals surface area contributed by atoms with Gasteiger partial charge in [-0.25, -0.2) is 4.79 Å². The maximum atomic E-state index is 11.4. The maximum Gasteiger partial charge on any atom is 0.341 e. The fraction of sp³-hybridized carbons (Fsp3) is 0.417. The van der Waals surface area contributed by atoms with Crippen molar-refractivity contribution in [1.29, 1.82) is 0 Å². The lowest BCUT2D eigenvalue weighted by atomic mass is 9.97. The highest BCUT2D eigenvalue weighted by Gasteiger charge is 2.18. The predicted octanol–water partition coefficient (Wildman–Crippen LogP) is 1.25. The van der Waals surface area contributed by atoms with Crippen LogP contribution in [0.1, 0.15) is 28.8 Å². The van der Waals surface area contributed by atoms with Crippen molar-refractivity contribution in [2.24, 2.45) is 5.73 Å². The van der Waals surface area contributed by atoms with Crippen LogP contribution in [-0.4, -0.2) is 31.8 Å². The summed E-state index contributed by atoms with van der Waals surface area (Å²) in [5, 5.41) is 9.69. The number of aromatic hydroxyl groups is 1. The van der Waals surface area contributed by atoms with Crippen molar-refractivity contribution in [3.8, 4) is 11.5 Å². The molecule has 17 heavy (non-hydrogen) atoms. The minimum Gasteiger partial charge on any atom is -0.507 e. The zero-order valence-electron chi connectivity index (χ0n) is 10.2. The van der Waals surface area contributed by atoms with Gasteiger partial charge in [-0.1, -0.05) is 6.92 Å². The molecule has 1 unspecified atom stereocenters. The summed E-state index contributed by atoms with van der Waals surface area (Å²) in [7, 11) is 2.76. The van der Waals surface area contributed by atoms with E-state index < -0.39 is 5.97 Å². The van der Waals surface area contributed by atoms with Gasteiger partial charge < -0.3 is 20.3 Å². The Bertz CT molecular complexity index is 417. The quantitative estimate of drug-likeness (QED) is 0.773. The topological polar surface area (TPSA) is 81.8 Å². The molecule has 1 aromatic rings. The minimum atomic E-state index is -0.587. The molecule has 0 saturated carbocycles. The van der Waals surface area contributed by atoms with E-state index >= 15 is 0 Å². The molecule has 0 aliphatic carbocycles. The monoisotopic (exact) mass is 239 g/mol. The molecule has 0 amide bonds. The Morgan fingerprint density at radius 2 is 2.12 bits per heavy atom. The van der Waals surface area contributed by atoms with Gasteiger partial charge in [0.15, 0.2) is 0 Å². The molecule has 5 heteroatoms. The molecule has 0 saturated heterocycles. The van der Waals surface area contributed by atoms with E-state index in [0.717, 1.165) is 5.56 Å². The molecular weight excluding hydrogens is 222 g/mol. The average Bonchev–Trinajstić information content (AvgIpc) is 2.36. The number of hydrogen-bond donors (Lipinski definition) is 2. The first-order valence-corrected chi connectivity index (χ1v) is 5.24.